The molecule has 0 aromatic heterocycles. The summed E-state index contributed by atoms with van der Waals surface area (Å²) in [6.07, 6.45) is 4.17. The summed E-state index contributed by atoms with van der Waals surface area (Å²) < 4.78 is 20.1. The van der Waals surface area contributed by atoms with Gasteiger partial charge in [-0.3, -0.25) is 10.1 Å². The maximum Gasteiger partial charge on any atom is 0.319 e. The Balaban J connectivity index is 1.88. The molecule has 0 unspecified atom stereocenters. The van der Waals surface area contributed by atoms with Crippen LogP contribution in [0.5, 0.6) is 11.5 Å². The van der Waals surface area contributed by atoms with E-state index in [0.717, 1.165) is 25.3 Å². The second-order valence-corrected chi connectivity index (χ2v) is 7.37. The van der Waals surface area contributed by atoms with Gasteiger partial charge in [0, 0.05) is 11.6 Å². The molecule has 2 aliphatic rings. The zero-order chi connectivity index (χ0) is 19.9. The Kier molecular flexibility index (Phi) is 4.58. The van der Waals surface area contributed by atoms with E-state index in [2.05, 4.69) is 10.6 Å². The van der Waals surface area contributed by atoms with E-state index in [9.17, 15) is 19.3 Å². The number of amides is 2. The minimum atomic E-state index is -0.844. The van der Waals surface area contributed by atoms with Gasteiger partial charge in [0.15, 0.2) is 5.82 Å². The van der Waals surface area contributed by atoms with Gasteiger partial charge in [-0.25, -0.2) is 9.18 Å². The van der Waals surface area contributed by atoms with Crippen LogP contribution in [0, 0.1) is 15.9 Å². The highest BCUT2D eigenvalue weighted by molar-refractivity contribution is 6.34. The Morgan fingerprint density at radius 1 is 1.18 bits per heavy atom. The van der Waals surface area contributed by atoms with E-state index < -0.39 is 27.7 Å². The average Bonchev–Trinajstić information content (AvgIpc) is 2.66. The van der Waals surface area contributed by atoms with Crippen molar-refractivity contribution in [1.29, 1.82) is 0 Å². The van der Waals surface area contributed by atoms with Crippen molar-refractivity contribution in [3.05, 3.63) is 56.8 Å². The Morgan fingerprint density at radius 3 is 2.64 bits per heavy atom. The van der Waals surface area contributed by atoms with Crippen LogP contribution in [0.15, 0.2) is 30.3 Å². The van der Waals surface area contributed by atoms with Crippen molar-refractivity contribution in [2.45, 2.75) is 37.6 Å². The monoisotopic (exact) mass is 405 g/mol. The summed E-state index contributed by atoms with van der Waals surface area (Å²) in [6, 6.07) is 6.22. The summed E-state index contributed by atoms with van der Waals surface area (Å²) in [7, 11) is 0. The number of carbonyl (C=O) groups excluding carboxylic acids is 1. The predicted molar refractivity (Wildman–Crippen MR) is 101 cm³/mol. The number of urea groups is 1. The maximum atomic E-state index is 14.4. The summed E-state index contributed by atoms with van der Waals surface area (Å²) in [5, 5.41) is 17.3. The fourth-order valence-electron chi connectivity index (χ4n) is 4.05. The highest BCUT2D eigenvalue weighted by Gasteiger charge is 2.44. The molecule has 9 heteroatoms. The van der Waals surface area contributed by atoms with Crippen molar-refractivity contribution in [3.8, 4) is 11.5 Å². The number of para-hydroxylation sites is 1. The van der Waals surface area contributed by atoms with Gasteiger partial charge >= 0.3 is 11.7 Å². The van der Waals surface area contributed by atoms with Crippen LogP contribution in [0.25, 0.3) is 0 Å². The quantitative estimate of drug-likeness (QED) is 0.522. The minimum absolute atomic E-state index is 0.224. The third-order valence-electron chi connectivity index (χ3n) is 5.25. The standard InChI is InChI=1S/C19H17ClFN3O4/c20-11-7-8-14(28-17-12(21)5-4-6-13(17)24(26)27)15-16(11)22-18(25)23-19(15)9-2-1-3-10-19/h4-8H,1-3,9-10H2,(H2,22,23,25). The largest absolute Gasteiger partial charge is 0.447 e. The van der Waals surface area contributed by atoms with Crippen LogP contribution in [0.1, 0.15) is 37.7 Å². The molecule has 2 aromatic carbocycles. The zero-order valence-corrected chi connectivity index (χ0v) is 15.5. The van der Waals surface area contributed by atoms with Gasteiger partial charge in [0.2, 0.25) is 5.75 Å². The molecule has 4 rings (SSSR count). The van der Waals surface area contributed by atoms with Crippen LogP contribution >= 0.6 is 11.6 Å². The summed E-state index contributed by atoms with van der Waals surface area (Å²) in [5.74, 6) is -1.09. The van der Waals surface area contributed by atoms with Gasteiger partial charge in [-0.05, 0) is 31.0 Å². The number of fused-ring (bicyclic) bond motifs is 2. The number of benzene rings is 2. The number of hydrogen-bond donors (Lipinski definition) is 2. The fraction of sp³-hybridized carbons (Fsp3) is 0.316. The average molecular weight is 406 g/mol. The highest BCUT2D eigenvalue weighted by atomic mass is 35.5. The van der Waals surface area contributed by atoms with Crippen molar-refractivity contribution < 1.29 is 18.8 Å². The lowest BCUT2D eigenvalue weighted by molar-refractivity contribution is -0.385. The number of hydrogen-bond acceptors (Lipinski definition) is 4. The molecule has 0 atom stereocenters. The normalized spacial score (nSPS) is 17.4. The molecule has 2 amide bonds. The molecule has 7 nitrogen and oxygen atoms in total. The number of nitro benzene ring substituents is 1. The van der Waals surface area contributed by atoms with E-state index >= 15 is 0 Å². The Labute approximate surface area is 165 Å². The number of ether oxygens (including phenoxy) is 1. The van der Waals surface area contributed by atoms with Crippen LogP contribution in [-0.2, 0) is 5.54 Å². The lowest BCUT2D eigenvalue weighted by Gasteiger charge is -2.43. The number of rotatable bonds is 3. The number of nitro groups is 1. The van der Waals surface area contributed by atoms with Gasteiger partial charge in [0.05, 0.1) is 21.2 Å². The van der Waals surface area contributed by atoms with E-state index in [1.54, 1.807) is 6.07 Å². The van der Waals surface area contributed by atoms with Gasteiger partial charge in [0.1, 0.15) is 5.75 Å². The van der Waals surface area contributed by atoms with Crippen molar-refractivity contribution in [2.24, 2.45) is 0 Å². The van der Waals surface area contributed by atoms with Crippen molar-refractivity contribution >= 4 is 29.0 Å². The molecule has 146 valence electrons. The Hall–Kier alpha value is -2.87. The molecule has 1 spiro atoms. The van der Waals surface area contributed by atoms with E-state index in [4.69, 9.17) is 16.3 Å². The van der Waals surface area contributed by atoms with E-state index in [0.29, 0.717) is 29.1 Å². The van der Waals surface area contributed by atoms with Gasteiger partial charge in [-0.1, -0.05) is 36.9 Å². The molecule has 0 saturated heterocycles. The molecule has 2 N–H and O–H groups in total. The third kappa shape index (κ3) is 3.03. The second kappa shape index (κ2) is 6.94. The lowest BCUT2D eigenvalue weighted by Crippen LogP contribution is -2.52. The molecule has 0 radical (unpaired) electrons. The Bertz CT molecular complexity index is 976. The molecule has 1 heterocycles. The Morgan fingerprint density at radius 2 is 1.93 bits per heavy atom. The minimum Gasteiger partial charge on any atom is -0.447 e. The van der Waals surface area contributed by atoms with Gasteiger partial charge in [-0.15, -0.1) is 0 Å². The first-order chi connectivity index (χ1) is 13.4. The van der Waals surface area contributed by atoms with Gasteiger partial charge in [-0.2, -0.15) is 0 Å². The number of halogens is 2. The molecule has 28 heavy (non-hydrogen) atoms. The van der Waals surface area contributed by atoms with E-state index in [1.807, 2.05) is 0 Å². The molecular weight excluding hydrogens is 389 g/mol. The van der Waals surface area contributed by atoms with Crippen molar-refractivity contribution in [1.82, 2.24) is 5.32 Å². The van der Waals surface area contributed by atoms with Crippen molar-refractivity contribution in [3.63, 3.8) is 0 Å². The first-order valence-electron chi connectivity index (χ1n) is 8.94. The summed E-state index contributed by atoms with van der Waals surface area (Å²) in [4.78, 5) is 22.9. The van der Waals surface area contributed by atoms with Crippen LogP contribution in [-0.4, -0.2) is 11.0 Å². The third-order valence-corrected chi connectivity index (χ3v) is 5.56. The predicted octanol–water partition coefficient (Wildman–Crippen LogP) is 5.47. The SMILES string of the molecule is O=C1Nc2c(Cl)ccc(Oc3c(F)cccc3[N+](=O)[O-])c2C2(CCCCC2)N1. The van der Waals surface area contributed by atoms with Gasteiger partial charge < -0.3 is 15.4 Å². The molecule has 1 saturated carbocycles. The molecule has 1 aliphatic heterocycles. The number of carbonyl (C=O) groups is 1. The molecule has 2 aromatic rings. The number of anilines is 1. The number of nitrogens with zero attached hydrogens (tertiary/aromatic N) is 1. The zero-order valence-electron chi connectivity index (χ0n) is 14.8. The van der Waals surface area contributed by atoms with Crippen LogP contribution in [0.4, 0.5) is 20.6 Å². The fourth-order valence-corrected chi connectivity index (χ4v) is 4.25. The molecule has 0 bridgehead atoms. The molecular formula is C19H17ClFN3O4. The second-order valence-electron chi connectivity index (χ2n) is 6.96. The molecule has 1 fully saturated rings. The van der Waals surface area contributed by atoms with Crippen molar-refractivity contribution in [2.75, 3.05) is 5.32 Å². The first-order valence-corrected chi connectivity index (χ1v) is 9.32. The van der Waals surface area contributed by atoms with E-state index in [-0.39, 0.29) is 11.8 Å². The lowest BCUT2D eigenvalue weighted by atomic mass is 9.74. The summed E-state index contributed by atoms with van der Waals surface area (Å²) in [6.45, 7) is 0. The summed E-state index contributed by atoms with van der Waals surface area (Å²) in [5.41, 5.74) is -0.203. The molecule has 1 aliphatic carbocycles. The summed E-state index contributed by atoms with van der Waals surface area (Å²) >= 11 is 6.32. The topological polar surface area (TPSA) is 93.5 Å². The first kappa shape index (κ1) is 18.5. The van der Waals surface area contributed by atoms with Crippen LogP contribution < -0.4 is 15.4 Å². The van der Waals surface area contributed by atoms with E-state index in [1.165, 1.54) is 18.2 Å². The highest BCUT2D eigenvalue weighted by Crippen LogP contribution is 2.50. The van der Waals surface area contributed by atoms with Gasteiger partial charge in [0.25, 0.3) is 0 Å². The van der Waals surface area contributed by atoms with Crippen LogP contribution in [0.3, 0.4) is 0 Å². The number of nitrogens with one attached hydrogen (secondary N) is 2. The maximum absolute atomic E-state index is 14.4. The smallest absolute Gasteiger partial charge is 0.319 e. The van der Waals surface area contributed by atoms with Crippen LogP contribution in [0.2, 0.25) is 5.02 Å².